The molecule has 3 N–H and O–H groups in total. The van der Waals surface area contributed by atoms with E-state index in [1.54, 1.807) is 6.92 Å². The van der Waals surface area contributed by atoms with Crippen molar-refractivity contribution in [3.8, 4) is 0 Å². The number of carbonyl (C=O) groups is 3. The smallest absolute Gasteiger partial charge is 0.229 e. The largest absolute Gasteiger partial charge is 0.369 e. The highest BCUT2D eigenvalue weighted by Gasteiger charge is 2.28. The zero-order valence-corrected chi connectivity index (χ0v) is 8.08. The van der Waals surface area contributed by atoms with Gasteiger partial charge in [0.25, 0.3) is 0 Å². The van der Waals surface area contributed by atoms with E-state index in [0.29, 0.717) is 19.3 Å². The summed E-state index contributed by atoms with van der Waals surface area (Å²) in [7, 11) is 0. The van der Waals surface area contributed by atoms with E-state index >= 15 is 0 Å². The molecule has 5 heteroatoms. The third-order valence-electron chi connectivity index (χ3n) is 2.48. The van der Waals surface area contributed by atoms with Crippen LogP contribution in [0.15, 0.2) is 0 Å². The SMILES string of the molecule is CC(CC1CCC(=O)NC1=O)C(N)=O. The first kappa shape index (κ1) is 10.7. The minimum absolute atomic E-state index is 0.238. The molecule has 1 saturated heterocycles. The fraction of sp³-hybridized carbons (Fsp3) is 0.667. The molecular formula is C9H14N2O3. The Morgan fingerprint density at radius 3 is 2.79 bits per heavy atom. The van der Waals surface area contributed by atoms with Crippen LogP contribution in [-0.2, 0) is 14.4 Å². The van der Waals surface area contributed by atoms with Gasteiger partial charge in [0, 0.05) is 18.3 Å². The molecule has 0 aromatic rings. The Hall–Kier alpha value is -1.39. The molecule has 14 heavy (non-hydrogen) atoms. The molecule has 2 atom stereocenters. The number of nitrogens with two attached hydrogens (primary N) is 1. The van der Waals surface area contributed by atoms with Crippen molar-refractivity contribution < 1.29 is 14.4 Å². The number of hydrogen-bond donors (Lipinski definition) is 2. The number of imide groups is 1. The van der Waals surface area contributed by atoms with Gasteiger partial charge in [-0.2, -0.15) is 0 Å². The lowest BCUT2D eigenvalue weighted by atomic mass is 9.88. The molecule has 1 fully saturated rings. The molecule has 3 amide bonds. The number of piperidine rings is 1. The number of carbonyl (C=O) groups excluding carboxylic acids is 3. The maximum atomic E-state index is 11.3. The average molecular weight is 198 g/mol. The number of rotatable bonds is 3. The Balaban J connectivity index is 2.49. The Morgan fingerprint density at radius 2 is 2.29 bits per heavy atom. The van der Waals surface area contributed by atoms with Crippen molar-refractivity contribution in [1.29, 1.82) is 0 Å². The van der Waals surface area contributed by atoms with Gasteiger partial charge in [-0.25, -0.2) is 0 Å². The lowest BCUT2D eigenvalue weighted by Gasteiger charge is -2.22. The maximum Gasteiger partial charge on any atom is 0.229 e. The van der Waals surface area contributed by atoms with Crippen LogP contribution in [0.4, 0.5) is 0 Å². The first-order valence-corrected chi connectivity index (χ1v) is 4.63. The molecule has 0 bridgehead atoms. The molecule has 0 spiro atoms. The van der Waals surface area contributed by atoms with E-state index < -0.39 is 5.91 Å². The number of nitrogens with one attached hydrogen (secondary N) is 1. The first-order valence-electron chi connectivity index (χ1n) is 4.63. The van der Waals surface area contributed by atoms with Gasteiger partial charge in [-0.1, -0.05) is 6.92 Å². The molecule has 1 aliphatic rings. The molecule has 5 nitrogen and oxygen atoms in total. The molecule has 1 heterocycles. The molecular weight excluding hydrogens is 184 g/mol. The van der Waals surface area contributed by atoms with Gasteiger partial charge in [0.2, 0.25) is 17.7 Å². The summed E-state index contributed by atoms with van der Waals surface area (Å²) in [6.07, 6.45) is 1.29. The number of hydrogen-bond acceptors (Lipinski definition) is 3. The molecule has 2 unspecified atom stereocenters. The van der Waals surface area contributed by atoms with E-state index in [9.17, 15) is 14.4 Å². The summed E-state index contributed by atoms with van der Waals surface area (Å²) in [5.74, 6) is -1.50. The summed E-state index contributed by atoms with van der Waals surface area (Å²) >= 11 is 0. The summed E-state index contributed by atoms with van der Waals surface area (Å²) in [4.78, 5) is 32.9. The maximum absolute atomic E-state index is 11.3. The van der Waals surface area contributed by atoms with Gasteiger partial charge in [0.15, 0.2) is 0 Å². The van der Waals surface area contributed by atoms with Crippen molar-refractivity contribution in [1.82, 2.24) is 5.32 Å². The second kappa shape index (κ2) is 4.21. The molecule has 0 radical (unpaired) electrons. The lowest BCUT2D eigenvalue weighted by Crippen LogP contribution is -2.42. The Morgan fingerprint density at radius 1 is 1.64 bits per heavy atom. The van der Waals surface area contributed by atoms with E-state index in [1.165, 1.54) is 0 Å². The highest BCUT2D eigenvalue weighted by Crippen LogP contribution is 2.20. The Kier molecular flexibility index (Phi) is 3.22. The summed E-state index contributed by atoms with van der Waals surface area (Å²) < 4.78 is 0. The standard InChI is InChI=1S/C9H14N2O3/c1-5(8(10)13)4-6-2-3-7(12)11-9(6)14/h5-6H,2-4H2,1H3,(H2,10,13)(H,11,12,14). The van der Waals surface area contributed by atoms with Crippen LogP contribution >= 0.6 is 0 Å². The molecule has 0 aromatic heterocycles. The highest BCUT2D eigenvalue weighted by molar-refractivity contribution is 5.98. The van der Waals surface area contributed by atoms with Gasteiger partial charge < -0.3 is 5.73 Å². The van der Waals surface area contributed by atoms with Gasteiger partial charge in [-0.3, -0.25) is 19.7 Å². The van der Waals surface area contributed by atoms with Crippen LogP contribution in [0.3, 0.4) is 0 Å². The zero-order chi connectivity index (χ0) is 10.7. The fourth-order valence-corrected chi connectivity index (χ4v) is 1.51. The molecule has 0 aromatic carbocycles. The monoisotopic (exact) mass is 198 g/mol. The van der Waals surface area contributed by atoms with Crippen molar-refractivity contribution in [2.75, 3.05) is 0 Å². The summed E-state index contributed by atoms with van der Waals surface area (Å²) in [5.41, 5.74) is 5.09. The quantitative estimate of drug-likeness (QED) is 0.602. The van der Waals surface area contributed by atoms with Crippen LogP contribution in [0.2, 0.25) is 0 Å². The second-order valence-corrected chi connectivity index (χ2v) is 3.69. The lowest BCUT2D eigenvalue weighted by molar-refractivity contribution is -0.136. The van der Waals surface area contributed by atoms with E-state index in [-0.39, 0.29) is 23.7 Å². The van der Waals surface area contributed by atoms with Gasteiger partial charge in [-0.05, 0) is 12.8 Å². The second-order valence-electron chi connectivity index (χ2n) is 3.69. The Labute approximate surface area is 82.0 Å². The molecule has 0 aliphatic carbocycles. The van der Waals surface area contributed by atoms with Crippen molar-refractivity contribution in [3.63, 3.8) is 0 Å². The van der Waals surface area contributed by atoms with Crippen LogP contribution in [0.25, 0.3) is 0 Å². The third-order valence-corrected chi connectivity index (χ3v) is 2.48. The Bertz CT molecular complexity index is 275. The number of primary amides is 1. The zero-order valence-electron chi connectivity index (χ0n) is 8.08. The predicted molar refractivity (Wildman–Crippen MR) is 48.8 cm³/mol. The van der Waals surface area contributed by atoms with E-state index in [0.717, 1.165) is 0 Å². The van der Waals surface area contributed by atoms with Gasteiger partial charge in [-0.15, -0.1) is 0 Å². The van der Waals surface area contributed by atoms with Crippen LogP contribution in [0.1, 0.15) is 26.2 Å². The van der Waals surface area contributed by atoms with Crippen molar-refractivity contribution in [2.24, 2.45) is 17.6 Å². The fourth-order valence-electron chi connectivity index (χ4n) is 1.51. The van der Waals surface area contributed by atoms with Gasteiger partial charge >= 0.3 is 0 Å². The highest BCUT2D eigenvalue weighted by atomic mass is 16.2. The van der Waals surface area contributed by atoms with Gasteiger partial charge in [0.05, 0.1) is 0 Å². The molecule has 1 rings (SSSR count). The summed E-state index contributed by atoms with van der Waals surface area (Å²) in [5, 5.41) is 2.24. The average Bonchev–Trinajstić information content (AvgIpc) is 2.09. The normalized spacial score (nSPS) is 24.2. The van der Waals surface area contributed by atoms with E-state index in [1.807, 2.05) is 0 Å². The summed E-state index contributed by atoms with van der Waals surface area (Å²) in [6.45, 7) is 1.69. The predicted octanol–water partition coefficient (Wildman–Crippen LogP) is -0.449. The topological polar surface area (TPSA) is 89.3 Å². The number of amides is 3. The van der Waals surface area contributed by atoms with E-state index in [2.05, 4.69) is 5.32 Å². The van der Waals surface area contributed by atoms with E-state index in [4.69, 9.17) is 5.73 Å². The third kappa shape index (κ3) is 2.55. The van der Waals surface area contributed by atoms with Crippen molar-refractivity contribution >= 4 is 17.7 Å². The molecule has 78 valence electrons. The molecule has 1 aliphatic heterocycles. The molecule has 0 saturated carbocycles. The van der Waals surface area contributed by atoms with Crippen LogP contribution in [0.5, 0.6) is 0 Å². The van der Waals surface area contributed by atoms with Crippen LogP contribution < -0.4 is 11.1 Å². The van der Waals surface area contributed by atoms with Gasteiger partial charge in [0.1, 0.15) is 0 Å². The van der Waals surface area contributed by atoms with Crippen molar-refractivity contribution in [3.05, 3.63) is 0 Å². The van der Waals surface area contributed by atoms with Crippen molar-refractivity contribution in [2.45, 2.75) is 26.2 Å². The first-order chi connectivity index (χ1) is 6.50. The minimum atomic E-state index is -0.408. The van der Waals surface area contributed by atoms with Crippen LogP contribution in [0, 0.1) is 11.8 Å². The minimum Gasteiger partial charge on any atom is -0.369 e. The summed E-state index contributed by atoms with van der Waals surface area (Å²) in [6, 6.07) is 0. The van der Waals surface area contributed by atoms with Crippen LogP contribution in [-0.4, -0.2) is 17.7 Å².